The van der Waals surface area contributed by atoms with Crippen LogP contribution in [0.3, 0.4) is 0 Å². The maximum atomic E-state index is 12.7. The van der Waals surface area contributed by atoms with E-state index in [1.54, 1.807) is 0 Å². The molecule has 2 aliphatic rings. The van der Waals surface area contributed by atoms with Gasteiger partial charge in [-0.1, -0.05) is 55.4 Å². The van der Waals surface area contributed by atoms with E-state index in [-0.39, 0.29) is 72.9 Å². The van der Waals surface area contributed by atoms with E-state index in [1.807, 2.05) is 27.7 Å². The fourth-order valence-electron chi connectivity index (χ4n) is 5.36. The third-order valence-electron chi connectivity index (χ3n) is 7.56. The van der Waals surface area contributed by atoms with Gasteiger partial charge in [0.1, 0.15) is 12.2 Å². The summed E-state index contributed by atoms with van der Waals surface area (Å²) in [6.45, 7) is 16.3. The summed E-state index contributed by atoms with van der Waals surface area (Å²) in [6, 6.07) is -0.495. The Balaban J connectivity index is 1.87. The lowest BCUT2D eigenvalue weighted by Gasteiger charge is -2.44. The van der Waals surface area contributed by atoms with Crippen molar-refractivity contribution in [2.75, 3.05) is 0 Å². The quantitative estimate of drug-likeness (QED) is 0.478. The average Bonchev–Trinajstić information content (AvgIpc) is 2.73. The Morgan fingerprint density at radius 2 is 0.971 bits per heavy atom. The summed E-state index contributed by atoms with van der Waals surface area (Å²) in [7, 11) is 0. The van der Waals surface area contributed by atoms with Gasteiger partial charge in [-0.25, -0.2) is 0 Å². The van der Waals surface area contributed by atoms with E-state index < -0.39 is 11.9 Å². The number of esters is 2. The van der Waals surface area contributed by atoms with Crippen LogP contribution in [0.15, 0.2) is 0 Å². The first-order valence-corrected chi connectivity index (χ1v) is 13.1. The molecule has 1 N–H and O–H groups in total. The van der Waals surface area contributed by atoms with Gasteiger partial charge >= 0.3 is 11.9 Å². The first kappa shape index (κ1) is 29.0. The van der Waals surface area contributed by atoms with Crippen LogP contribution in [0.5, 0.6) is 0 Å². The van der Waals surface area contributed by atoms with Crippen LogP contribution in [0.4, 0.5) is 0 Å². The van der Waals surface area contributed by atoms with Crippen LogP contribution in [0.1, 0.15) is 93.9 Å². The first-order chi connectivity index (χ1) is 15.8. The number of nitrogens with zero attached hydrogens (tertiary/aromatic N) is 2. The molecule has 2 aliphatic heterocycles. The normalized spacial score (nSPS) is 31.5. The number of rotatable bonds is 9. The third kappa shape index (κ3) is 7.64. The molecule has 0 aliphatic carbocycles. The molecule has 2 rings (SSSR count). The van der Waals surface area contributed by atoms with Crippen molar-refractivity contribution in [1.82, 2.24) is 10.1 Å². The van der Waals surface area contributed by atoms with Crippen LogP contribution in [0, 0.1) is 23.7 Å². The van der Waals surface area contributed by atoms with Crippen LogP contribution in [0.25, 0.3) is 0 Å². The fourth-order valence-corrected chi connectivity index (χ4v) is 5.36. The van der Waals surface area contributed by atoms with Gasteiger partial charge in [0, 0.05) is 49.9 Å². The largest absolute Gasteiger partial charge is 0.462 e. The topological polar surface area (TPSA) is 99.2 Å². The molecule has 2 heterocycles. The van der Waals surface area contributed by atoms with Gasteiger partial charge in [-0.05, 0) is 23.7 Å². The summed E-state index contributed by atoms with van der Waals surface area (Å²) in [6.07, 6.45) is 1.56. The summed E-state index contributed by atoms with van der Waals surface area (Å²) in [5, 5.41) is 25.9. The molecular formula is C26H47N2O6. The molecule has 4 unspecified atom stereocenters. The Bertz CT molecular complexity index is 576. The van der Waals surface area contributed by atoms with E-state index in [1.165, 1.54) is 10.1 Å². The Labute approximate surface area is 205 Å². The van der Waals surface area contributed by atoms with Gasteiger partial charge < -0.3 is 14.7 Å². The summed E-state index contributed by atoms with van der Waals surface area (Å²) in [5.41, 5.74) is 0. The molecule has 2 saturated heterocycles. The van der Waals surface area contributed by atoms with E-state index in [0.29, 0.717) is 25.7 Å². The lowest BCUT2D eigenvalue weighted by molar-refractivity contribution is -0.260. The zero-order valence-corrected chi connectivity index (χ0v) is 22.4. The molecule has 0 amide bonds. The van der Waals surface area contributed by atoms with Gasteiger partial charge in [0.05, 0.1) is 12.8 Å². The van der Waals surface area contributed by atoms with E-state index >= 15 is 0 Å². The Morgan fingerprint density at radius 3 is 1.26 bits per heavy atom. The van der Waals surface area contributed by atoms with Crippen molar-refractivity contribution in [2.45, 2.75) is 130 Å². The number of carbonyl (C=O) groups excluding carboxylic acids is 2. The molecule has 8 nitrogen and oxygen atoms in total. The third-order valence-corrected chi connectivity index (χ3v) is 7.56. The highest BCUT2D eigenvalue weighted by atomic mass is 16.6. The number of hydroxylamine groups is 4. The number of piperidine rings is 2. The molecule has 0 aromatic heterocycles. The van der Waals surface area contributed by atoms with Crippen LogP contribution in [0.2, 0.25) is 0 Å². The minimum absolute atomic E-state index is 0.0293. The van der Waals surface area contributed by atoms with Gasteiger partial charge in [-0.3, -0.25) is 9.59 Å². The molecule has 34 heavy (non-hydrogen) atoms. The van der Waals surface area contributed by atoms with E-state index in [4.69, 9.17) is 9.47 Å². The second-order valence-corrected chi connectivity index (χ2v) is 11.7. The highest BCUT2D eigenvalue weighted by Gasteiger charge is 2.41. The molecule has 0 saturated carbocycles. The van der Waals surface area contributed by atoms with Crippen molar-refractivity contribution >= 4 is 11.9 Å². The number of hydrogen-bond acceptors (Lipinski definition) is 7. The molecule has 2 fully saturated rings. The molecule has 4 atom stereocenters. The molecular weight excluding hydrogens is 436 g/mol. The Kier molecular flexibility index (Phi) is 10.8. The molecule has 197 valence electrons. The first-order valence-electron chi connectivity index (χ1n) is 13.1. The number of ether oxygens (including phenoxy) is 2. The maximum absolute atomic E-state index is 12.7. The van der Waals surface area contributed by atoms with E-state index in [2.05, 4.69) is 27.7 Å². The molecule has 0 bridgehead atoms. The van der Waals surface area contributed by atoms with Crippen molar-refractivity contribution in [1.29, 1.82) is 0 Å². The highest BCUT2D eigenvalue weighted by molar-refractivity contribution is 5.77. The summed E-state index contributed by atoms with van der Waals surface area (Å²) >= 11 is 0. The van der Waals surface area contributed by atoms with Crippen molar-refractivity contribution < 1.29 is 29.5 Å². The average molecular weight is 484 g/mol. The lowest BCUT2D eigenvalue weighted by Crippen LogP contribution is -2.53. The number of carbonyl (C=O) groups is 2. The summed E-state index contributed by atoms with van der Waals surface area (Å²) < 4.78 is 11.4. The predicted octanol–water partition coefficient (Wildman–Crippen LogP) is 4.61. The van der Waals surface area contributed by atoms with Crippen LogP contribution >= 0.6 is 0 Å². The second-order valence-electron chi connectivity index (χ2n) is 11.7. The second kappa shape index (κ2) is 12.7. The predicted molar refractivity (Wildman–Crippen MR) is 128 cm³/mol. The summed E-state index contributed by atoms with van der Waals surface area (Å²) in [4.78, 5) is 25.0. The monoisotopic (exact) mass is 483 g/mol. The zero-order chi connectivity index (χ0) is 25.7. The van der Waals surface area contributed by atoms with Crippen molar-refractivity contribution in [2.24, 2.45) is 23.7 Å². The van der Waals surface area contributed by atoms with Gasteiger partial charge in [0.2, 0.25) is 0 Å². The van der Waals surface area contributed by atoms with Crippen molar-refractivity contribution in [3.05, 3.63) is 0 Å². The minimum Gasteiger partial charge on any atom is -0.462 e. The van der Waals surface area contributed by atoms with Gasteiger partial charge in [0.25, 0.3) is 0 Å². The Morgan fingerprint density at radius 1 is 0.676 bits per heavy atom. The molecule has 1 radical (unpaired) electrons. The van der Waals surface area contributed by atoms with Gasteiger partial charge in [-0.2, -0.15) is 5.06 Å². The standard InChI is InChI=1S/C26H47N2O6/c1-15(2)21-11-19(12-22(16(3)4)27(21)31)33-25(29)9-10-26(30)34-20-13-23(17(5)6)28(32)24(14-20)18(7)8/h15-24,31H,9-14H2,1-8H3. The van der Waals surface area contributed by atoms with Gasteiger partial charge in [0.15, 0.2) is 0 Å². The molecule has 8 heteroatoms. The minimum atomic E-state index is -0.420. The zero-order valence-electron chi connectivity index (χ0n) is 22.4. The van der Waals surface area contributed by atoms with E-state index in [9.17, 15) is 20.0 Å². The molecule has 0 aromatic carbocycles. The van der Waals surface area contributed by atoms with E-state index in [0.717, 1.165) is 0 Å². The van der Waals surface area contributed by atoms with Crippen LogP contribution in [-0.2, 0) is 24.3 Å². The van der Waals surface area contributed by atoms with Crippen molar-refractivity contribution in [3.63, 3.8) is 0 Å². The SMILES string of the molecule is CC(C)C1CC(OC(=O)CCC(=O)OC2CC(C(C)C)N(O)C(C(C)C)C2)CC(C(C)C)N1[O]. The van der Waals surface area contributed by atoms with Crippen molar-refractivity contribution in [3.8, 4) is 0 Å². The van der Waals surface area contributed by atoms with Crippen LogP contribution in [-0.4, -0.2) is 63.6 Å². The van der Waals surface area contributed by atoms with Crippen LogP contribution < -0.4 is 0 Å². The highest BCUT2D eigenvalue weighted by Crippen LogP contribution is 2.33. The summed E-state index contributed by atoms with van der Waals surface area (Å²) in [5.74, 6) is -0.0283. The maximum Gasteiger partial charge on any atom is 0.306 e. The lowest BCUT2D eigenvalue weighted by atomic mass is 9.84. The number of hydrogen-bond donors (Lipinski definition) is 1. The smallest absolute Gasteiger partial charge is 0.306 e. The molecule has 0 spiro atoms. The Hall–Kier alpha value is -1.22. The van der Waals surface area contributed by atoms with Gasteiger partial charge in [-0.15, -0.1) is 10.3 Å². The fraction of sp³-hybridized carbons (Fsp3) is 0.923. The molecule has 0 aromatic rings.